The molecule has 3 rings (SSSR count). The van der Waals surface area contributed by atoms with Crippen LogP contribution in [0.5, 0.6) is 5.75 Å². The van der Waals surface area contributed by atoms with Gasteiger partial charge in [0, 0.05) is 16.7 Å². The smallest absolute Gasteiger partial charge is 0.311 e. The Labute approximate surface area is 181 Å². The first-order valence-electron chi connectivity index (χ1n) is 8.33. The summed E-state index contributed by atoms with van der Waals surface area (Å²) < 4.78 is 0. The van der Waals surface area contributed by atoms with Gasteiger partial charge in [0.25, 0.3) is 0 Å². The fourth-order valence-corrected chi connectivity index (χ4v) is 3.59. The minimum absolute atomic E-state index is 0.179. The number of phenolic OH excluding ortho intramolecular Hbond substituents is 1. The van der Waals surface area contributed by atoms with Gasteiger partial charge in [-0.05, 0) is 35.7 Å². The van der Waals surface area contributed by atoms with Gasteiger partial charge in [-0.2, -0.15) is 5.10 Å². The summed E-state index contributed by atoms with van der Waals surface area (Å²) in [6.07, 6.45) is 1.73. The second-order valence-corrected chi connectivity index (χ2v) is 7.34. The molecular formula is C20H14Cl3N3O3. The lowest BCUT2D eigenvalue weighted by atomic mass is 10.0. The summed E-state index contributed by atoms with van der Waals surface area (Å²) in [5.41, 5.74) is 4.41. The quantitative estimate of drug-likeness (QED) is 0.262. The lowest BCUT2D eigenvalue weighted by Crippen LogP contribution is -1.98. The van der Waals surface area contributed by atoms with E-state index in [1.165, 1.54) is 24.4 Å². The number of halogens is 3. The highest BCUT2D eigenvalue weighted by molar-refractivity contribution is 6.41. The maximum absolute atomic E-state index is 11.3. The molecule has 0 saturated carbocycles. The van der Waals surface area contributed by atoms with Crippen LogP contribution < -0.4 is 5.43 Å². The predicted molar refractivity (Wildman–Crippen MR) is 117 cm³/mol. The van der Waals surface area contributed by atoms with Crippen LogP contribution in [0.2, 0.25) is 15.1 Å². The molecule has 0 saturated heterocycles. The maximum atomic E-state index is 11.3. The molecule has 0 heterocycles. The van der Waals surface area contributed by atoms with Crippen LogP contribution in [0.4, 0.5) is 11.4 Å². The first-order chi connectivity index (χ1) is 13.8. The zero-order valence-electron chi connectivity index (χ0n) is 14.8. The number of rotatable bonds is 6. The minimum atomic E-state index is -0.637. The van der Waals surface area contributed by atoms with Gasteiger partial charge in [-0.3, -0.25) is 15.5 Å². The number of hydrogen-bond donors (Lipinski definition) is 2. The number of anilines is 1. The van der Waals surface area contributed by atoms with Crippen molar-refractivity contribution < 1.29 is 10.0 Å². The SMILES string of the molecule is O=[N+]([O-])c1cc(Cc2ccccc2)cc(/C=N/Nc2c(Cl)cc(Cl)cc2Cl)c1O. The summed E-state index contributed by atoms with van der Waals surface area (Å²) in [6.45, 7) is 0. The van der Waals surface area contributed by atoms with E-state index in [4.69, 9.17) is 34.8 Å². The van der Waals surface area contributed by atoms with Crippen molar-refractivity contribution in [3.05, 3.63) is 96.5 Å². The highest BCUT2D eigenvalue weighted by Gasteiger charge is 2.18. The van der Waals surface area contributed by atoms with Gasteiger partial charge < -0.3 is 5.11 Å². The molecule has 0 spiro atoms. The molecule has 0 unspecified atom stereocenters. The Hall–Kier alpha value is -2.80. The first-order valence-corrected chi connectivity index (χ1v) is 9.46. The van der Waals surface area contributed by atoms with Crippen molar-refractivity contribution in [3.8, 4) is 5.75 Å². The average Bonchev–Trinajstić information content (AvgIpc) is 2.66. The Morgan fingerprint density at radius 2 is 1.69 bits per heavy atom. The zero-order chi connectivity index (χ0) is 21.0. The predicted octanol–water partition coefficient (Wildman–Crippen LogP) is 6.30. The topological polar surface area (TPSA) is 87.8 Å². The van der Waals surface area contributed by atoms with E-state index in [-0.39, 0.29) is 15.6 Å². The second kappa shape index (κ2) is 9.13. The van der Waals surface area contributed by atoms with E-state index in [1.54, 1.807) is 6.07 Å². The van der Waals surface area contributed by atoms with E-state index in [9.17, 15) is 15.2 Å². The van der Waals surface area contributed by atoms with Crippen molar-refractivity contribution in [2.75, 3.05) is 5.43 Å². The van der Waals surface area contributed by atoms with Gasteiger partial charge >= 0.3 is 5.69 Å². The largest absolute Gasteiger partial charge is 0.502 e. The standard InChI is InChI=1S/C20H14Cl3N3O3/c21-15-9-16(22)19(17(23)10-15)25-24-11-14-7-13(6-12-4-2-1-3-5-12)8-18(20(14)27)26(28)29/h1-5,7-11,25,27H,6H2/b24-11+. The van der Waals surface area contributed by atoms with Crippen LogP contribution in [0.25, 0.3) is 0 Å². The summed E-state index contributed by atoms with van der Waals surface area (Å²) in [5.74, 6) is -0.481. The summed E-state index contributed by atoms with van der Waals surface area (Å²) in [6, 6.07) is 15.5. The molecule has 0 aliphatic heterocycles. The van der Waals surface area contributed by atoms with E-state index >= 15 is 0 Å². The Kier molecular flexibility index (Phi) is 6.59. The van der Waals surface area contributed by atoms with Gasteiger partial charge in [0.05, 0.1) is 26.9 Å². The number of nitro groups is 1. The summed E-state index contributed by atoms with van der Waals surface area (Å²) in [7, 11) is 0. The number of phenols is 1. The highest BCUT2D eigenvalue weighted by Crippen LogP contribution is 2.34. The van der Waals surface area contributed by atoms with Crippen LogP contribution in [0.1, 0.15) is 16.7 Å². The molecule has 0 aliphatic carbocycles. The van der Waals surface area contributed by atoms with E-state index in [2.05, 4.69) is 10.5 Å². The molecule has 9 heteroatoms. The molecule has 0 aromatic heterocycles. The molecule has 3 aromatic carbocycles. The van der Waals surface area contributed by atoms with Crippen molar-refractivity contribution in [1.82, 2.24) is 0 Å². The average molecular weight is 451 g/mol. The number of hydrogen-bond acceptors (Lipinski definition) is 5. The number of benzene rings is 3. The zero-order valence-corrected chi connectivity index (χ0v) is 17.0. The minimum Gasteiger partial charge on any atom is -0.502 e. The van der Waals surface area contributed by atoms with Gasteiger partial charge in [0.2, 0.25) is 5.75 Å². The Morgan fingerprint density at radius 1 is 1.03 bits per heavy atom. The number of nitrogens with one attached hydrogen (secondary N) is 1. The summed E-state index contributed by atoms with van der Waals surface area (Å²) >= 11 is 18.0. The normalized spacial score (nSPS) is 11.0. The second-order valence-electron chi connectivity index (χ2n) is 6.09. The van der Waals surface area contributed by atoms with Crippen LogP contribution in [-0.2, 0) is 6.42 Å². The molecule has 148 valence electrons. The van der Waals surface area contributed by atoms with Crippen molar-refractivity contribution in [3.63, 3.8) is 0 Å². The molecule has 3 aromatic rings. The molecule has 6 nitrogen and oxygen atoms in total. The van der Waals surface area contributed by atoms with E-state index < -0.39 is 16.4 Å². The number of nitro benzene ring substituents is 1. The third-order valence-electron chi connectivity index (χ3n) is 4.01. The van der Waals surface area contributed by atoms with Crippen LogP contribution in [0.3, 0.4) is 0 Å². The lowest BCUT2D eigenvalue weighted by molar-refractivity contribution is -0.385. The van der Waals surface area contributed by atoms with Gasteiger partial charge in [-0.1, -0.05) is 65.1 Å². The van der Waals surface area contributed by atoms with E-state index in [1.807, 2.05) is 30.3 Å². The van der Waals surface area contributed by atoms with Gasteiger partial charge in [0.15, 0.2) is 0 Å². The van der Waals surface area contributed by atoms with E-state index in [0.717, 1.165) is 5.56 Å². The van der Waals surface area contributed by atoms with Crippen LogP contribution >= 0.6 is 34.8 Å². The Bertz CT molecular complexity index is 1070. The third-order valence-corrected chi connectivity index (χ3v) is 4.83. The van der Waals surface area contributed by atoms with Gasteiger partial charge in [-0.25, -0.2) is 0 Å². The Morgan fingerprint density at radius 3 is 2.31 bits per heavy atom. The molecule has 0 aliphatic rings. The van der Waals surface area contributed by atoms with Gasteiger partial charge in [-0.15, -0.1) is 0 Å². The number of nitrogens with zero attached hydrogens (tertiary/aromatic N) is 2. The van der Waals surface area contributed by atoms with Crippen LogP contribution in [0, 0.1) is 10.1 Å². The van der Waals surface area contributed by atoms with Crippen molar-refractivity contribution in [2.24, 2.45) is 5.10 Å². The molecule has 0 fully saturated rings. The monoisotopic (exact) mass is 449 g/mol. The molecular weight excluding hydrogens is 437 g/mol. The fraction of sp³-hybridized carbons (Fsp3) is 0.0500. The van der Waals surface area contributed by atoms with Crippen molar-refractivity contribution in [1.29, 1.82) is 0 Å². The molecule has 29 heavy (non-hydrogen) atoms. The highest BCUT2D eigenvalue weighted by atomic mass is 35.5. The van der Waals surface area contributed by atoms with Gasteiger partial charge in [0.1, 0.15) is 0 Å². The Balaban J connectivity index is 1.91. The maximum Gasteiger partial charge on any atom is 0.311 e. The fourth-order valence-electron chi connectivity index (χ4n) is 2.69. The van der Waals surface area contributed by atoms with Crippen molar-refractivity contribution >= 4 is 52.4 Å². The van der Waals surface area contributed by atoms with Crippen LogP contribution in [0.15, 0.2) is 59.7 Å². The summed E-state index contributed by atoms with van der Waals surface area (Å²) in [4.78, 5) is 10.7. The molecule has 2 N–H and O–H groups in total. The lowest BCUT2D eigenvalue weighted by Gasteiger charge is -2.08. The molecule has 0 amide bonds. The summed E-state index contributed by atoms with van der Waals surface area (Å²) in [5, 5.41) is 26.5. The molecule has 0 atom stereocenters. The van der Waals surface area contributed by atoms with Crippen LogP contribution in [-0.4, -0.2) is 16.2 Å². The molecule has 0 radical (unpaired) electrons. The first kappa shape index (κ1) is 20.9. The molecule has 0 bridgehead atoms. The van der Waals surface area contributed by atoms with E-state index in [0.29, 0.717) is 22.7 Å². The third kappa shape index (κ3) is 5.17. The van der Waals surface area contributed by atoms with Crippen molar-refractivity contribution in [2.45, 2.75) is 6.42 Å². The number of hydrazone groups is 1. The number of aromatic hydroxyl groups is 1.